The predicted molar refractivity (Wildman–Crippen MR) is 164 cm³/mol. The van der Waals surface area contributed by atoms with E-state index in [1.165, 1.54) is 23.1 Å². The van der Waals surface area contributed by atoms with E-state index in [1.54, 1.807) is 11.8 Å². The highest BCUT2D eigenvalue weighted by atomic mass is 32.2. The lowest BCUT2D eigenvalue weighted by atomic mass is 10.1. The van der Waals surface area contributed by atoms with E-state index >= 15 is 0 Å². The Morgan fingerprint density at radius 2 is 1.82 bits per heavy atom. The zero-order chi connectivity index (χ0) is 26.8. The standard InChI is InChI=1S/C30H26N4O2S3/c1-2-24(28(35)33-29-32-21-12-3-6-15-25(21)39-29)37-20-11-9-10-19(18-20)31-30(36)34-22-13-4-7-16-26(22)38-27-17-8-5-14-23(27)34/h3-18,22,24,26H,2H2,1H3,(H,31,36)(H,32,33,35). The van der Waals surface area contributed by atoms with E-state index in [0.29, 0.717) is 17.2 Å². The molecule has 3 atom stereocenters. The van der Waals surface area contributed by atoms with Crippen molar-refractivity contribution in [3.8, 4) is 0 Å². The van der Waals surface area contributed by atoms with Gasteiger partial charge in [0, 0.05) is 15.5 Å². The van der Waals surface area contributed by atoms with Gasteiger partial charge in [0.15, 0.2) is 5.13 Å². The molecule has 1 aliphatic carbocycles. The number of thiazole rings is 1. The maximum atomic E-state index is 13.6. The second kappa shape index (κ2) is 11.3. The molecule has 0 saturated heterocycles. The summed E-state index contributed by atoms with van der Waals surface area (Å²) in [6.07, 6.45) is 8.92. The second-order valence-electron chi connectivity index (χ2n) is 9.13. The van der Waals surface area contributed by atoms with Crippen LogP contribution < -0.4 is 15.5 Å². The second-order valence-corrected chi connectivity index (χ2v) is 12.7. The summed E-state index contributed by atoms with van der Waals surface area (Å²) in [6.45, 7) is 2.00. The summed E-state index contributed by atoms with van der Waals surface area (Å²) in [5.74, 6) is -0.0819. The molecule has 1 aromatic heterocycles. The number of thioether (sulfide) groups is 2. The van der Waals surface area contributed by atoms with Gasteiger partial charge in [-0.25, -0.2) is 9.78 Å². The third-order valence-corrected chi connectivity index (χ3v) is 10.1. The van der Waals surface area contributed by atoms with E-state index in [9.17, 15) is 9.59 Å². The Morgan fingerprint density at radius 1 is 1.00 bits per heavy atom. The first-order chi connectivity index (χ1) is 19.1. The van der Waals surface area contributed by atoms with Gasteiger partial charge < -0.3 is 10.6 Å². The number of allylic oxidation sites excluding steroid dienone is 2. The van der Waals surface area contributed by atoms with Crippen LogP contribution in [-0.4, -0.2) is 33.5 Å². The molecule has 2 aliphatic rings. The van der Waals surface area contributed by atoms with Crippen LogP contribution in [0.15, 0.2) is 107 Å². The predicted octanol–water partition coefficient (Wildman–Crippen LogP) is 7.81. The van der Waals surface area contributed by atoms with Crippen LogP contribution in [0.1, 0.15) is 13.3 Å². The van der Waals surface area contributed by atoms with Crippen molar-refractivity contribution in [1.82, 2.24) is 4.98 Å². The first-order valence-corrected chi connectivity index (χ1v) is 15.3. The van der Waals surface area contributed by atoms with Crippen LogP contribution in [0.25, 0.3) is 10.2 Å². The molecule has 196 valence electrons. The zero-order valence-electron chi connectivity index (χ0n) is 21.1. The molecule has 0 spiro atoms. The fourth-order valence-electron chi connectivity index (χ4n) is 4.65. The molecule has 6 rings (SSSR count). The average molecular weight is 571 g/mol. The molecule has 9 heteroatoms. The lowest BCUT2D eigenvalue weighted by Crippen LogP contribution is -2.49. The van der Waals surface area contributed by atoms with Crippen molar-refractivity contribution < 1.29 is 9.59 Å². The van der Waals surface area contributed by atoms with Gasteiger partial charge in [-0.15, -0.1) is 23.5 Å². The van der Waals surface area contributed by atoms with E-state index in [1.807, 2.05) is 90.7 Å². The SMILES string of the molecule is CCC(Sc1cccc(NC(=O)N2c3ccccc3SC3C=CC=CC32)c1)C(=O)Nc1nc2ccccc2s1. The number of aromatic nitrogens is 1. The van der Waals surface area contributed by atoms with Crippen LogP contribution >= 0.6 is 34.9 Å². The van der Waals surface area contributed by atoms with E-state index in [-0.39, 0.29) is 28.5 Å². The van der Waals surface area contributed by atoms with Gasteiger partial charge in [-0.3, -0.25) is 9.69 Å². The van der Waals surface area contributed by atoms with Gasteiger partial charge in [-0.1, -0.05) is 72.9 Å². The third-order valence-electron chi connectivity index (χ3n) is 6.51. The van der Waals surface area contributed by atoms with Crippen LogP contribution in [0.3, 0.4) is 0 Å². The Morgan fingerprint density at radius 3 is 2.69 bits per heavy atom. The molecule has 0 saturated carbocycles. The van der Waals surface area contributed by atoms with Crippen molar-refractivity contribution in [3.63, 3.8) is 0 Å². The van der Waals surface area contributed by atoms with Gasteiger partial charge in [0.05, 0.1) is 32.4 Å². The number of amides is 3. The summed E-state index contributed by atoms with van der Waals surface area (Å²) in [7, 11) is 0. The summed E-state index contributed by atoms with van der Waals surface area (Å²) in [5, 5.41) is 6.55. The van der Waals surface area contributed by atoms with Gasteiger partial charge in [-0.05, 0) is 48.9 Å². The summed E-state index contributed by atoms with van der Waals surface area (Å²) in [6, 6.07) is 23.3. The normalized spacial score (nSPS) is 18.3. The van der Waals surface area contributed by atoms with E-state index in [0.717, 1.165) is 25.7 Å². The fraction of sp³-hybridized carbons (Fsp3) is 0.167. The van der Waals surface area contributed by atoms with Crippen molar-refractivity contribution in [3.05, 3.63) is 97.1 Å². The highest BCUT2D eigenvalue weighted by Gasteiger charge is 2.36. The Balaban J connectivity index is 1.16. The monoisotopic (exact) mass is 570 g/mol. The van der Waals surface area contributed by atoms with E-state index in [4.69, 9.17) is 0 Å². The number of hydrogen-bond donors (Lipinski definition) is 2. The number of carbonyl (C=O) groups is 2. The number of urea groups is 1. The molecule has 3 unspecified atom stereocenters. The third kappa shape index (κ3) is 5.48. The van der Waals surface area contributed by atoms with Crippen molar-refractivity contribution in [2.24, 2.45) is 0 Å². The number of rotatable bonds is 6. The molecular formula is C30H26N4O2S3. The largest absolute Gasteiger partial charge is 0.326 e. The number of nitrogens with zero attached hydrogens (tertiary/aromatic N) is 2. The van der Waals surface area contributed by atoms with Gasteiger partial charge in [0.2, 0.25) is 5.91 Å². The number of nitrogens with one attached hydrogen (secondary N) is 2. The first kappa shape index (κ1) is 25.7. The number of anilines is 3. The van der Waals surface area contributed by atoms with Crippen LogP contribution in [0.2, 0.25) is 0 Å². The smallest absolute Gasteiger partial charge is 0.307 e. The van der Waals surface area contributed by atoms with Crippen molar-refractivity contribution in [2.45, 2.75) is 39.7 Å². The lowest BCUT2D eigenvalue weighted by molar-refractivity contribution is -0.115. The molecule has 1 aliphatic heterocycles. The molecule has 2 N–H and O–H groups in total. The highest BCUT2D eigenvalue weighted by molar-refractivity contribution is 8.00. The summed E-state index contributed by atoms with van der Waals surface area (Å²) in [4.78, 5) is 35.1. The fourth-order valence-corrected chi connectivity index (χ4v) is 7.79. The molecule has 3 amide bonds. The van der Waals surface area contributed by atoms with Gasteiger partial charge in [0.1, 0.15) is 0 Å². The summed E-state index contributed by atoms with van der Waals surface area (Å²) >= 11 is 4.73. The van der Waals surface area contributed by atoms with E-state index in [2.05, 4.69) is 33.8 Å². The number of benzene rings is 3. The Bertz CT molecular complexity index is 1560. The number of carbonyl (C=O) groups excluding carboxylic acids is 2. The van der Waals surface area contributed by atoms with Gasteiger partial charge >= 0.3 is 6.03 Å². The summed E-state index contributed by atoms with van der Waals surface area (Å²) in [5.41, 5.74) is 2.47. The average Bonchev–Trinajstić information content (AvgIpc) is 3.37. The number of para-hydroxylation sites is 2. The van der Waals surface area contributed by atoms with Crippen LogP contribution in [0.5, 0.6) is 0 Å². The van der Waals surface area contributed by atoms with E-state index < -0.39 is 0 Å². The highest BCUT2D eigenvalue weighted by Crippen LogP contribution is 2.43. The van der Waals surface area contributed by atoms with Crippen molar-refractivity contribution in [1.29, 1.82) is 0 Å². The molecule has 0 bridgehead atoms. The first-order valence-electron chi connectivity index (χ1n) is 12.7. The minimum atomic E-state index is -0.297. The molecule has 0 radical (unpaired) electrons. The number of fused-ring (bicyclic) bond motifs is 3. The molecule has 0 fully saturated rings. The van der Waals surface area contributed by atoms with Gasteiger partial charge in [0.25, 0.3) is 0 Å². The quantitative estimate of drug-likeness (QED) is 0.231. The minimum Gasteiger partial charge on any atom is -0.307 e. The molecule has 6 nitrogen and oxygen atoms in total. The van der Waals surface area contributed by atoms with Crippen molar-refractivity contribution in [2.75, 3.05) is 15.5 Å². The maximum Gasteiger partial charge on any atom is 0.326 e. The van der Waals surface area contributed by atoms with Crippen LogP contribution in [0, 0.1) is 0 Å². The van der Waals surface area contributed by atoms with Gasteiger partial charge in [-0.2, -0.15) is 0 Å². The summed E-state index contributed by atoms with van der Waals surface area (Å²) < 4.78 is 1.04. The Labute approximate surface area is 239 Å². The molecule has 39 heavy (non-hydrogen) atoms. The van der Waals surface area contributed by atoms with Crippen LogP contribution in [0.4, 0.5) is 21.3 Å². The Kier molecular flexibility index (Phi) is 7.45. The molecular weight excluding hydrogens is 545 g/mol. The molecule has 4 aromatic rings. The maximum absolute atomic E-state index is 13.6. The zero-order valence-corrected chi connectivity index (χ0v) is 23.6. The number of hydrogen-bond acceptors (Lipinski definition) is 6. The molecule has 3 aromatic carbocycles. The Hall–Kier alpha value is -3.53. The molecule has 2 heterocycles. The lowest BCUT2D eigenvalue weighted by Gasteiger charge is -2.40. The van der Waals surface area contributed by atoms with Crippen LogP contribution in [-0.2, 0) is 4.79 Å². The van der Waals surface area contributed by atoms with Crippen molar-refractivity contribution >= 4 is 73.5 Å². The topological polar surface area (TPSA) is 74.3 Å². The minimum absolute atomic E-state index is 0.0665.